The number of rotatable bonds is 4. The number of halogens is 10. The zero-order valence-corrected chi connectivity index (χ0v) is 14.5. The van der Waals surface area contributed by atoms with Crippen LogP contribution in [-0.2, 0) is 17.6 Å². The Morgan fingerprint density at radius 2 is 0.560 bits per heavy atom. The van der Waals surface area contributed by atoms with E-state index in [1.165, 1.54) is 0 Å². The van der Waals surface area contributed by atoms with Crippen molar-refractivity contribution in [1.82, 2.24) is 0 Å². The van der Waals surface area contributed by atoms with Gasteiger partial charge in [-0.05, 0) is 0 Å². The fourth-order valence-corrected chi connectivity index (χ4v) is 3.97. The summed E-state index contributed by atoms with van der Waals surface area (Å²) in [6.07, 6.45) is 0. The van der Waals surface area contributed by atoms with E-state index in [9.17, 15) is 43.9 Å². The van der Waals surface area contributed by atoms with Crippen LogP contribution in [0, 0.1) is 58.2 Å². The maximum absolute atomic E-state index is 13.4. The average molecular weight is 430 g/mol. The van der Waals surface area contributed by atoms with Gasteiger partial charge in [0.2, 0.25) is 0 Å². The van der Waals surface area contributed by atoms with E-state index in [2.05, 4.69) is 0 Å². The second kappa shape index (κ2) is 7.06. The molecule has 0 saturated carbocycles. The first-order chi connectivity index (χ1) is 11.6. The molecule has 0 aliphatic rings. The predicted molar refractivity (Wildman–Crippen MR) is 59.7 cm³/mol. The number of hydrogen-bond acceptors (Lipinski definition) is 2. The van der Waals surface area contributed by atoms with E-state index in [1.807, 2.05) is 0 Å². The van der Waals surface area contributed by atoms with E-state index in [-0.39, 0.29) is 0 Å². The van der Waals surface area contributed by atoms with Gasteiger partial charge in [-0.1, -0.05) is 0 Å². The molecule has 132 valence electrons. The molecule has 0 aromatic heterocycles. The molecule has 0 saturated heterocycles. The third-order valence-corrected chi connectivity index (χ3v) is 5.18. The molecule has 2 aromatic rings. The minimum absolute atomic E-state index is 1.48. The van der Waals surface area contributed by atoms with Gasteiger partial charge in [0.1, 0.15) is 0 Å². The van der Waals surface area contributed by atoms with Crippen molar-refractivity contribution in [1.29, 1.82) is 0 Å². The van der Waals surface area contributed by atoms with Crippen LogP contribution >= 0.6 is 0 Å². The first-order valence-electron chi connectivity index (χ1n) is 6.10. The second-order valence-electron chi connectivity index (χ2n) is 4.42. The molecule has 0 fully saturated rings. The molecule has 0 aliphatic carbocycles. The summed E-state index contributed by atoms with van der Waals surface area (Å²) >= 11 is -3.02. The molecule has 25 heavy (non-hydrogen) atoms. The van der Waals surface area contributed by atoms with Crippen molar-refractivity contribution in [2.24, 2.45) is 0 Å². The Hall–Kier alpha value is -2.04. The maximum atomic E-state index is 13.4. The third-order valence-electron chi connectivity index (χ3n) is 2.95. The van der Waals surface area contributed by atoms with Crippen LogP contribution in [0.25, 0.3) is 0 Å². The van der Waals surface area contributed by atoms with Crippen molar-refractivity contribution in [2.45, 2.75) is 0 Å². The summed E-state index contributed by atoms with van der Waals surface area (Å²) in [6.45, 7) is 0. The zero-order chi connectivity index (χ0) is 19.0. The van der Waals surface area contributed by atoms with E-state index in [0.29, 0.717) is 0 Å². The molecule has 2 rings (SSSR count). The number of anilines is 2. The number of benzene rings is 2. The molecule has 0 aliphatic heterocycles. The van der Waals surface area contributed by atoms with Gasteiger partial charge in [-0.3, -0.25) is 0 Å². The summed E-state index contributed by atoms with van der Waals surface area (Å²) in [5.74, 6) is -22.8. The minimum atomic E-state index is -3.02. The fraction of sp³-hybridized carbons (Fsp3) is 0. The Morgan fingerprint density at radius 3 is 0.800 bits per heavy atom. The van der Waals surface area contributed by atoms with Gasteiger partial charge in [-0.2, -0.15) is 0 Å². The van der Waals surface area contributed by atoms with Gasteiger partial charge in [-0.15, -0.1) is 0 Å². The normalized spacial score (nSPS) is 10.6. The Balaban J connectivity index is 2.29. The molecule has 0 amide bonds. The van der Waals surface area contributed by atoms with Crippen LogP contribution in [0.15, 0.2) is 0 Å². The van der Waals surface area contributed by atoms with E-state index >= 15 is 0 Å². The first kappa shape index (κ1) is 19.3. The van der Waals surface area contributed by atoms with Crippen LogP contribution in [-0.4, -0.2) is 0 Å². The van der Waals surface area contributed by atoms with Crippen molar-refractivity contribution in [2.75, 3.05) is 8.12 Å². The molecular formula is C12H2F10N2Zn. The van der Waals surface area contributed by atoms with E-state index in [4.69, 9.17) is 0 Å². The summed E-state index contributed by atoms with van der Waals surface area (Å²) in [5, 5.41) is 0. The van der Waals surface area contributed by atoms with Crippen LogP contribution in [0.1, 0.15) is 0 Å². The molecule has 13 heteroatoms. The quantitative estimate of drug-likeness (QED) is 0.323. The molecule has 2 nitrogen and oxygen atoms in total. The third kappa shape index (κ3) is 3.24. The van der Waals surface area contributed by atoms with Crippen LogP contribution in [0.4, 0.5) is 55.3 Å². The molecule has 0 atom stereocenters. The van der Waals surface area contributed by atoms with Gasteiger partial charge in [0.25, 0.3) is 0 Å². The zero-order valence-electron chi connectivity index (χ0n) is 11.5. The van der Waals surface area contributed by atoms with Crippen molar-refractivity contribution < 1.29 is 61.5 Å². The second-order valence-corrected chi connectivity index (χ2v) is 6.65. The Morgan fingerprint density at radius 1 is 0.360 bits per heavy atom. The molecular weight excluding hydrogens is 428 g/mol. The molecule has 2 aromatic carbocycles. The van der Waals surface area contributed by atoms with Crippen molar-refractivity contribution in [3.8, 4) is 0 Å². The van der Waals surface area contributed by atoms with Crippen molar-refractivity contribution in [3.63, 3.8) is 0 Å². The summed E-state index contributed by atoms with van der Waals surface area (Å²) in [4.78, 5) is 0. The van der Waals surface area contributed by atoms with Crippen LogP contribution < -0.4 is 8.12 Å². The Labute approximate surface area is 139 Å². The molecule has 2 N–H and O–H groups in total. The van der Waals surface area contributed by atoms with Gasteiger partial charge in [0.15, 0.2) is 0 Å². The van der Waals surface area contributed by atoms with Gasteiger partial charge in [0.05, 0.1) is 0 Å². The summed E-state index contributed by atoms with van der Waals surface area (Å²) in [6, 6.07) is 0. The Bertz CT molecular complexity index is 729. The van der Waals surface area contributed by atoms with Gasteiger partial charge < -0.3 is 0 Å². The number of nitrogens with one attached hydrogen (secondary N) is 2. The van der Waals surface area contributed by atoms with Gasteiger partial charge >= 0.3 is 139 Å². The predicted octanol–water partition coefficient (Wildman–Crippen LogP) is 4.51. The van der Waals surface area contributed by atoms with Crippen molar-refractivity contribution in [3.05, 3.63) is 58.2 Å². The van der Waals surface area contributed by atoms with E-state index < -0.39 is 87.2 Å². The fourth-order valence-electron chi connectivity index (χ4n) is 1.74. The molecule has 0 heterocycles. The first-order valence-corrected chi connectivity index (χ1v) is 9.06. The van der Waals surface area contributed by atoms with Gasteiger partial charge in [0, 0.05) is 0 Å². The van der Waals surface area contributed by atoms with Crippen LogP contribution in [0.3, 0.4) is 0 Å². The molecule has 0 unspecified atom stereocenters. The monoisotopic (exact) mass is 428 g/mol. The van der Waals surface area contributed by atoms with E-state index in [1.54, 1.807) is 8.12 Å². The standard InChI is InChI=1S/2C6HF5N.Zn/c2*7-1-2(8)4(10)6(12)5(11)3(1)9;/h2*12H;/q2*-1;+2. The molecule has 0 spiro atoms. The Kier molecular flexibility index (Phi) is 5.45. The molecule has 0 radical (unpaired) electrons. The summed E-state index contributed by atoms with van der Waals surface area (Å²) in [5.41, 5.74) is -2.96. The van der Waals surface area contributed by atoms with Gasteiger partial charge in [-0.25, -0.2) is 0 Å². The van der Waals surface area contributed by atoms with E-state index in [0.717, 1.165) is 0 Å². The average Bonchev–Trinajstić information content (AvgIpc) is 2.60. The molecule has 0 bridgehead atoms. The summed E-state index contributed by atoms with van der Waals surface area (Å²) in [7, 11) is 0. The van der Waals surface area contributed by atoms with Crippen molar-refractivity contribution >= 4 is 11.4 Å². The van der Waals surface area contributed by atoms with Crippen LogP contribution in [0.5, 0.6) is 0 Å². The summed E-state index contributed by atoms with van der Waals surface area (Å²) < 4.78 is 135. The number of hydrogen-bond donors (Lipinski definition) is 2. The van der Waals surface area contributed by atoms with Crippen LogP contribution in [0.2, 0.25) is 0 Å². The topological polar surface area (TPSA) is 24.1 Å². The SMILES string of the molecule is Fc1c(F)c(F)c([NH][Zn][NH]c2c(F)c(F)c(F)c(F)c2F)c(F)c1F.